The van der Waals surface area contributed by atoms with Crippen LogP contribution in [0.1, 0.15) is 17.3 Å². The number of hydrogen-bond acceptors (Lipinski definition) is 3. The fraction of sp³-hybridized carbons (Fsp3) is 0.222. The molecule has 1 aromatic rings. The molecule has 0 spiro atoms. The molecule has 0 aliphatic rings. The molecular weight excluding hydrogens is 281 g/mol. The molecule has 1 rings (SSSR count). The normalized spacial score (nSPS) is 9.77. The Morgan fingerprint density at radius 1 is 1.54 bits per heavy atom. The van der Waals surface area contributed by atoms with E-state index in [1.807, 2.05) is 0 Å². The fourth-order valence-corrected chi connectivity index (χ4v) is 1.50. The van der Waals surface area contributed by atoms with Crippen molar-refractivity contribution in [3.8, 4) is 5.75 Å². The first-order valence-electron chi connectivity index (χ1n) is 3.70. The van der Waals surface area contributed by atoms with Crippen molar-refractivity contribution < 1.29 is 9.53 Å². The molecule has 13 heavy (non-hydrogen) atoms. The monoisotopic (exact) mass is 291 g/mol. The van der Waals surface area contributed by atoms with Crippen molar-refractivity contribution in [2.24, 2.45) is 0 Å². The summed E-state index contributed by atoms with van der Waals surface area (Å²) in [7, 11) is 1.56. The van der Waals surface area contributed by atoms with Gasteiger partial charge in [-0.3, -0.25) is 4.79 Å². The number of ether oxygens (including phenoxy) is 1. The van der Waals surface area contributed by atoms with E-state index in [9.17, 15) is 4.79 Å². The molecule has 0 aliphatic carbocycles. The number of rotatable bonds is 2. The lowest BCUT2D eigenvalue weighted by atomic mass is 10.1. The Balaban J connectivity index is 3.30. The van der Waals surface area contributed by atoms with Crippen molar-refractivity contribution in [2.45, 2.75) is 6.92 Å². The highest BCUT2D eigenvalue weighted by atomic mass is 127. The molecule has 0 unspecified atom stereocenters. The maximum absolute atomic E-state index is 11.1. The summed E-state index contributed by atoms with van der Waals surface area (Å²) in [6.07, 6.45) is 0. The Hall–Kier alpha value is -0.780. The van der Waals surface area contributed by atoms with E-state index in [1.165, 1.54) is 6.92 Å². The number of anilines is 1. The van der Waals surface area contributed by atoms with Crippen LogP contribution in [0, 0.1) is 3.57 Å². The van der Waals surface area contributed by atoms with Gasteiger partial charge in [0.05, 0.1) is 10.7 Å². The number of halogens is 1. The van der Waals surface area contributed by atoms with E-state index >= 15 is 0 Å². The van der Waals surface area contributed by atoms with Crippen LogP contribution < -0.4 is 10.5 Å². The summed E-state index contributed by atoms with van der Waals surface area (Å²) in [5, 5.41) is 0. The lowest BCUT2D eigenvalue weighted by Gasteiger charge is -2.07. The standard InChI is InChI=1S/C9H10INO2/c1-5(12)6-3-7(11)9(10)8(4-6)13-2/h3-4H,11H2,1-2H3. The number of carbonyl (C=O) groups excluding carboxylic acids is 1. The molecular formula is C9H10INO2. The highest BCUT2D eigenvalue weighted by molar-refractivity contribution is 14.1. The molecule has 3 nitrogen and oxygen atoms in total. The third-order valence-corrected chi connectivity index (χ3v) is 2.85. The summed E-state index contributed by atoms with van der Waals surface area (Å²) in [5.41, 5.74) is 6.85. The van der Waals surface area contributed by atoms with Crippen LogP contribution in [0.5, 0.6) is 5.75 Å². The molecule has 0 atom stereocenters. The van der Waals surface area contributed by atoms with Crippen LogP contribution >= 0.6 is 22.6 Å². The smallest absolute Gasteiger partial charge is 0.160 e. The summed E-state index contributed by atoms with van der Waals surface area (Å²) in [5.74, 6) is 0.632. The number of nitrogens with two attached hydrogens (primary N) is 1. The average Bonchev–Trinajstić information content (AvgIpc) is 2.09. The Bertz CT molecular complexity index is 350. The SMILES string of the molecule is COc1cc(C(C)=O)cc(N)c1I. The number of hydrogen-bond donors (Lipinski definition) is 1. The minimum Gasteiger partial charge on any atom is -0.496 e. The highest BCUT2D eigenvalue weighted by Gasteiger charge is 2.08. The van der Waals surface area contributed by atoms with Crippen LogP contribution in [-0.2, 0) is 0 Å². The molecule has 70 valence electrons. The lowest BCUT2D eigenvalue weighted by Crippen LogP contribution is -1.99. The van der Waals surface area contributed by atoms with Gasteiger partial charge in [0, 0.05) is 11.3 Å². The van der Waals surface area contributed by atoms with Gasteiger partial charge in [-0.05, 0) is 41.6 Å². The van der Waals surface area contributed by atoms with Crippen molar-refractivity contribution in [3.05, 3.63) is 21.3 Å². The van der Waals surface area contributed by atoms with Gasteiger partial charge in [-0.2, -0.15) is 0 Å². The topological polar surface area (TPSA) is 52.3 Å². The second-order valence-electron chi connectivity index (χ2n) is 2.64. The third kappa shape index (κ3) is 2.12. The van der Waals surface area contributed by atoms with Crippen LogP contribution in [0.25, 0.3) is 0 Å². The number of ketones is 1. The van der Waals surface area contributed by atoms with Crippen LogP contribution in [0.4, 0.5) is 5.69 Å². The number of Topliss-reactive ketones (excluding diaryl/α,β-unsaturated/α-hetero) is 1. The van der Waals surface area contributed by atoms with E-state index in [0.717, 1.165) is 3.57 Å². The van der Waals surface area contributed by atoms with Crippen molar-refractivity contribution >= 4 is 34.1 Å². The van der Waals surface area contributed by atoms with Gasteiger partial charge < -0.3 is 10.5 Å². The Morgan fingerprint density at radius 3 is 2.62 bits per heavy atom. The minimum atomic E-state index is -0.0126. The van der Waals surface area contributed by atoms with E-state index in [-0.39, 0.29) is 5.78 Å². The van der Waals surface area contributed by atoms with E-state index in [2.05, 4.69) is 22.6 Å². The zero-order chi connectivity index (χ0) is 10.0. The number of carbonyl (C=O) groups is 1. The first-order valence-corrected chi connectivity index (χ1v) is 4.78. The summed E-state index contributed by atoms with van der Waals surface area (Å²) >= 11 is 2.08. The second kappa shape index (κ2) is 3.95. The van der Waals surface area contributed by atoms with Crippen LogP contribution in [0.2, 0.25) is 0 Å². The molecule has 0 fully saturated rings. The lowest BCUT2D eigenvalue weighted by molar-refractivity contribution is 0.101. The van der Waals surface area contributed by atoms with Crippen LogP contribution in [-0.4, -0.2) is 12.9 Å². The van der Waals surface area contributed by atoms with Crippen LogP contribution in [0.15, 0.2) is 12.1 Å². The van der Waals surface area contributed by atoms with Crippen LogP contribution in [0.3, 0.4) is 0 Å². The molecule has 0 bridgehead atoms. The molecule has 0 saturated heterocycles. The summed E-state index contributed by atoms with van der Waals surface area (Å²) < 4.78 is 5.91. The van der Waals surface area contributed by atoms with Gasteiger partial charge in [0.15, 0.2) is 5.78 Å². The quantitative estimate of drug-likeness (QED) is 0.515. The third-order valence-electron chi connectivity index (χ3n) is 1.69. The molecule has 4 heteroatoms. The molecule has 2 N–H and O–H groups in total. The van der Waals surface area contributed by atoms with E-state index in [4.69, 9.17) is 10.5 Å². The van der Waals surface area contributed by atoms with E-state index < -0.39 is 0 Å². The second-order valence-corrected chi connectivity index (χ2v) is 3.72. The van der Waals surface area contributed by atoms with E-state index in [0.29, 0.717) is 17.0 Å². The van der Waals surface area contributed by atoms with E-state index in [1.54, 1.807) is 19.2 Å². The van der Waals surface area contributed by atoms with Crippen molar-refractivity contribution in [2.75, 3.05) is 12.8 Å². The van der Waals surface area contributed by atoms with Gasteiger partial charge in [0.25, 0.3) is 0 Å². The molecule has 0 saturated carbocycles. The van der Waals surface area contributed by atoms with Gasteiger partial charge in [0.2, 0.25) is 0 Å². The summed E-state index contributed by atoms with van der Waals surface area (Å²) in [4.78, 5) is 11.1. The highest BCUT2D eigenvalue weighted by Crippen LogP contribution is 2.28. The Morgan fingerprint density at radius 2 is 2.15 bits per heavy atom. The van der Waals surface area contributed by atoms with Gasteiger partial charge in [-0.15, -0.1) is 0 Å². The predicted molar refractivity (Wildman–Crippen MR) is 60.1 cm³/mol. The maximum Gasteiger partial charge on any atom is 0.160 e. The van der Waals surface area contributed by atoms with Gasteiger partial charge in [0.1, 0.15) is 5.75 Å². The van der Waals surface area contributed by atoms with Crippen molar-refractivity contribution in [3.63, 3.8) is 0 Å². The predicted octanol–water partition coefficient (Wildman–Crippen LogP) is 2.08. The number of nitrogen functional groups attached to an aromatic ring is 1. The van der Waals surface area contributed by atoms with Gasteiger partial charge in [-0.25, -0.2) is 0 Å². The molecule has 0 heterocycles. The number of methoxy groups -OCH3 is 1. The van der Waals surface area contributed by atoms with Gasteiger partial charge in [-0.1, -0.05) is 0 Å². The maximum atomic E-state index is 11.1. The Kier molecular flexibility index (Phi) is 3.13. The molecule has 0 amide bonds. The molecule has 1 aromatic carbocycles. The first kappa shape index (κ1) is 10.3. The average molecular weight is 291 g/mol. The Labute approximate surface area is 90.4 Å². The molecule has 0 aliphatic heterocycles. The summed E-state index contributed by atoms with van der Waals surface area (Å²) in [6.45, 7) is 1.50. The summed E-state index contributed by atoms with van der Waals surface area (Å²) in [6, 6.07) is 3.35. The largest absolute Gasteiger partial charge is 0.496 e. The molecule has 0 radical (unpaired) electrons. The fourth-order valence-electron chi connectivity index (χ4n) is 0.971. The zero-order valence-electron chi connectivity index (χ0n) is 7.43. The molecule has 0 aromatic heterocycles. The minimum absolute atomic E-state index is 0.0126. The zero-order valence-corrected chi connectivity index (χ0v) is 9.58. The first-order chi connectivity index (χ1) is 6.06. The van der Waals surface area contributed by atoms with Crippen molar-refractivity contribution in [1.82, 2.24) is 0 Å². The van der Waals surface area contributed by atoms with Crippen molar-refractivity contribution in [1.29, 1.82) is 0 Å². The van der Waals surface area contributed by atoms with Gasteiger partial charge >= 0.3 is 0 Å². The number of benzene rings is 1.